The van der Waals surface area contributed by atoms with Gasteiger partial charge in [0.25, 0.3) is 0 Å². The third-order valence-corrected chi connectivity index (χ3v) is 4.34. The Bertz CT molecular complexity index is 507. The third-order valence-electron chi connectivity index (χ3n) is 3.31. The number of benzene rings is 1. The lowest BCUT2D eigenvalue weighted by Gasteiger charge is -2.32. The van der Waals surface area contributed by atoms with Gasteiger partial charge in [-0.3, -0.25) is 0 Å². The van der Waals surface area contributed by atoms with E-state index in [0.717, 1.165) is 23.4 Å². The number of aliphatic carboxylic acids is 1. The number of rotatable bonds is 3. The molecule has 0 aromatic heterocycles. The van der Waals surface area contributed by atoms with E-state index in [4.69, 9.17) is 0 Å². The zero-order valence-electron chi connectivity index (χ0n) is 11.3. The molecule has 1 aliphatic heterocycles. The standard InChI is InChI=1S/C14H18N2O3S/c1-2-10-5-3-4-6-11(10)15-14(19)16-7-8-20-9-12(16)13(17)18/h3-6,12H,2,7-9H2,1H3,(H,15,19)(H,17,18). The summed E-state index contributed by atoms with van der Waals surface area (Å²) in [7, 11) is 0. The molecule has 1 atom stereocenters. The van der Waals surface area contributed by atoms with E-state index in [2.05, 4.69) is 5.32 Å². The number of carboxylic acid groups (broad SMARTS) is 1. The minimum atomic E-state index is -0.948. The van der Waals surface area contributed by atoms with Gasteiger partial charge in [0.05, 0.1) is 0 Å². The second-order valence-corrected chi connectivity index (χ2v) is 5.71. The smallest absolute Gasteiger partial charge is 0.327 e. The van der Waals surface area contributed by atoms with Gasteiger partial charge in [-0.15, -0.1) is 0 Å². The first-order chi connectivity index (χ1) is 9.63. The van der Waals surface area contributed by atoms with Gasteiger partial charge in [0.15, 0.2) is 0 Å². The van der Waals surface area contributed by atoms with E-state index in [1.807, 2.05) is 31.2 Å². The minimum absolute atomic E-state index is 0.335. The highest BCUT2D eigenvalue weighted by Gasteiger charge is 2.32. The number of hydrogen-bond acceptors (Lipinski definition) is 3. The molecule has 1 aromatic rings. The van der Waals surface area contributed by atoms with Crippen molar-refractivity contribution in [1.82, 2.24) is 4.90 Å². The number of carboxylic acids is 1. The normalized spacial score (nSPS) is 18.6. The summed E-state index contributed by atoms with van der Waals surface area (Å²) in [5, 5.41) is 12.0. The average molecular weight is 294 g/mol. The highest BCUT2D eigenvalue weighted by atomic mass is 32.2. The van der Waals surface area contributed by atoms with Gasteiger partial charge in [-0.2, -0.15) is 11.8 Å². The van der Waals surface area contributed by atoms with Gasteiger partial charge in [0.2, 0.25) is 0 Å². The summed E-state index contributed by atoms with van der Waals surface area (Å²) in [6.45, 7) is 2.48. The lowest BCUT2D eigenvalue weighted by atomic mass is 10.1. The van der Waals surface area contributed by atoms with Gasteiger partial charge in [0.1, 0.15) is 6.04 Å². The Morgan fingerprint density at radius 3 is 2.90 bits per heavy atom. The summed E-state index contributed by atoms with van der Waals surface area (Å²) in [5.74, 6) is 0.265. The Morgan fingerprint density at radius 1 is 1.45 bits per heavy atom. The number of hydrogen-bond donors (Lipinski definition) is 2. The highest BCUT2D eigenvalue weighted by Crippen LogP contribution is 2.20. The van der Waals surface area contributed by atoms with Crippen molar-refractivity contribution in [2.75, 3.05) is 23.4 Å². The first kappa shape index (κ1) is 14.7. The summed E-state index contributed by atoms with van der Waals surface area (Å²) in [6.07, 6.45) is 0.814. The van der Waals surface area contributed by atoms with Crippen molar-refractivity contribution in [3.63, 3.8) is 0 Å². The van der Waals surface area contributed by atoms with Gasteiger partial charge in [-0.05, 0) is 18.1 Å². The molecule has 108 valence electrons. The Labute approximate surface area is 122 Å². The van der Waals surface area contributed by atoms with Gasteiger partial charge in [-0.25, -0.2) is 9.59 Å². The van der Waals surface area contributed by atoms with E-state index >= 15 is 0 Å². The Balaban J connectivity index is 2.12. The number of thioether (sulfide) groups is 1. The van der Waals surface area contributed by atoms with Crippen molar-refractivity contribution >= 4 is 29.4 Å². The van der Waals surface area contributed by atoms with Crippen LogP contribution in [0, 0.1) is 0 Å². The number of amides is 2. The van der Waals surface area contributed by atoms with Gasteiger partial charge >= 0.3 is 12.0 Å². The van der Waals surface area contributed by atoms with Crippen molar-refractivity contribution in [3.05, 3.63) is 29.8 Å². The maximum Gasteiger partial charge on any atom is 0.327 e. The molecule has 1 unspecified atom stereocenters. The molecule has 1 heterocycles. The van der Waals surface area contributed by atoms with E-state index in [0.29, 0.717) is 12.3 Å². The first-order valence-corrected chi connectivity index (χ1v) is 7.75. The fourth-order valence-electron chi connectivity index (χ4n) is 2.19. The fourth-order valence-corrected chi connectivity index (χ4v) is 3.23. The van der Waals surface area contributed by atoms with Crippen LogP contribution in [0.4, 0.5) is 10.5 Å². The first-order valence-electron chi connectivity index (χ1n) is 6.59. The Kier molecular flexibility index (Phi) is 4.89. The lowest BCUT2D eigenvalue weighted by molar-refractivity contribution is -0.141. The molecule has 0 radical (unpaired) electrons. The maximum atomic E-state index is 12.3. The topological polar surface area (TPSA) is 69.6 Å². The molecule has 2 N–H and O–H groups in total. The van der Waals surface area contributed by atoms with E-state index in [9.17, 15) is 14.7 Å². The van der Waals surface area contributed by atoms with E-state index in [1.165, 1.54) is 4.90 Å². The number of anilines is 1. The van der Waals surface area contributed by atoms with Crippen LogP contribution in [0.1, 0.15) is 12.5 Å². The highest BCUT2D eigenvalue weighted by molar-refractivity contribution is 7.99. The summed E-state index contributed by atoms with van der Waals surface area (Å²) in [5.41, 5.74) is 1.79. The van der Waals surface area contributed by atoms with E-state index in [-0.39, 0.29) is 6.03 Å². The number of nitrogens with one attached hydrogen (secondary N) is 1. The molecular weight excluding hydrogens is 276 g/mol. The molecule has 2 amide bonds. The zero-order chi connectivity index (χ0) is 14.5. The van der Waals surface area contributed by atoms with Crippen molar-refractivity contribution in [2.24, 2.45) is 0 Å². The van der Waals surface area contributed by atoms with Crippen LogP contribution in [0.15, 0.2) is 24.3 Å². The van der Waals surface area contributed by atoms with Gasteiger partial charge in [0, 0.05) is 23.7 Å². The quantitative estimate of drug-likeness (QED) is 0.897. The lowest BCUT2D eigenvalue weighted by Crippen LogP contribution is -2.51. The number of urea groups is 1. The minimum Gasteiger partial charge on any atom is -0.480 e. The molecule has 0 aliphatic carbocycles. The molecule has 1 saturated heterocycles. The molecule has 2 rings (SSSR count). The number of para-hydroxylation sites is 1. The van der Waals surface area contributed by atoms with Crippen molar-refractivity contribution < 1.29 is 14.7 Å². The maximum absolute atomic E-state index is 12.3. The number of carbonyl (C=O) groups excluding carboxylic acids is 1. The molecule has 1 aliphatic rings. The molecule has 6 heteroatoms. The molecule has 1 fully saturated rings. The van der Waals surface area contributed by atoms with Crippen molar-refractivity contribution in [2.45, 2.75) is 19.4 Å². The molecule has 0 saturated carbocycles. The Hall–Kier alpha value is -1.69. The van der Waals surface area contributed by atoms with Gasteiger partial charge in [-0.1, -0.05) is 25.1 Å². The number of aryl methyl sites for hydroxylation is 1. The molecular formula is C14H18N2O3S. The summed E-state index contributed by atoms with van der Waals surface area (Å²) in [4.78, 5) is 24.9. The predicted molar refractivity (Wildman–Crippen MR) is 80.3 cm³/mol. The monoisotopic (exact) mass is 294 g/mol. The van der Waals surface area contributed by atoms with Gasteiger partial charge < -0.3 is 15.3 Å². The van der Waals surface area contributed by atoms with Crippen LogP contribution in [-0.4, -0.2) is 46.1 Å². The summed E-state index contributed by atoms with van der Waals surface area (Å²) >= 11 is 1.56. The largest absolute Gasteiger partial charge is 0.480 e. The second-order valence-electron chi connectivity index (χ2n) is 4.56. The zero-order valence-corrected chi connectivity index (χ0v) is 12.2. The summed E-state index contributed by atoms with van der Waals surface area (Å²) < 4.78 is 0. The fraction of sp³-hybridized carbons (Fsp3) is 0.429. The SMILES string of the molecule is CCc1ccccc1NC(=O)N1CCSCC1C(=O)O. The van der Waals surface area contributed by atoms with Crippen LogP contribution in [0.2, 0.25) is 0 Å². The van der Waals surface area contributed by atoms with Crippen LogP contribution in [0.5, 0.6) is 0 Å². The van der Waals surface area contributed by atoms with Crippen LogP contribution in [0.3, 0.4) is 0 Å². The van der Waals surface area contributed by atoms with Crippen LogP contribution >= 0.6 is 11.8 Å². The molecule has 0 spiro atoms. The van der Waals surface area contributed by atoms with Crippen LogP contribution < -0.4 is 5.32 Å². The second kappa shape index (κ2) is 6.65. The number of nitrogens with zero attached hydrogens (tertiary/aromatic N) is 1. The predicted octanol–water partition coefficient (Wildman–Crippen LogP) is 2.28. The molecule has 20 heavy (non-hydrogen) atoms. The van der Waals surface area contributed by atoms with E-state index < -0.39 is 12.0 Å². The van der Waals surface area contributed by atoms with Crippen LogP contribution in [-0.2, 0) is 11.2 Å². The molecule has 1 aromatic carbocycles. The number of carbonyl (C=O) groups is 2. The third kappa shape index (κ3) is 3.25. The summed E-state index contributed by atoms with van der Waals surface area (Å²) in [6, 6.07) is 6.49. The van der Waals surface area contributed by atoms with Crippen molar-refractivity contribution in [1.29, 1.82) is 0 Å². The molecule has 5 nitrogen and oxygen atoms in total. The van der Waals surface area contributed by atoms with Crippen LogP contribution in [0.25, 0.3) is 0 Å². The Morgan fingerprint density at radius 2 is 2.20 bits per heavy atom. The van der Waals surface area contributed by atoms with E-state index in [1.54, 1.807) is 11.8 Å². The average Bonchev–Trinajstić information content (AvgIpc) is 2.47. The molecule has 0 bridgehead atoms. The van der Waals surface area contributed by atoms with Crippen molar-refractivity contribution in [3.8, 4) is 0 Å².